The number of aromatic amines is 1. The molecule has 5 nitrogen and oxygen atoms in total. The van der Waals surface area contributed by atoms with Gasteiger partial charge in [-0.05, 0) is 38.0 Å². The van der Waals surface area contributed by atoms with E-state index in [1.54, 1.807) is 13.3 Å². The Kier molecular flexibility index (Phi) is 5.59. The number of carbonyl (C=O) groups is 1. The first-order valence-electron chi connectivity index (χ1n) is 7.56. The van der Waals surface area contributed by atoms with Gasteiger partial charge in [0.1, 0.15) is 0 Å². The average molecular weight is 279 g/mol. The third-order valence-corrected chi connectivity index (χ3v) is 4.07. The number of nitrogens with zero attached hydrogens (tertiary/aromatic N) is 2. The number of aryl methyl sites for hydroxylation is 1. The highest BCUT2D eigenvalue weighted by atomic mass is 16.5. The van der Waals surface area contributed by atoms with Gasteiger partial charge >= 0.3 is 0 Å². The van der Waals surface area contributed by atoms with Crippen molar-refractivity contribution in [1.29, 1.82) is 0 Å². The lowest BCUT2D eigenvalue weighted by molar-refractivity contribution is 0.0659. The first-order valence-corrected chi connectivity index (χ1v) is 7.56. The number of rotatable bonds is 6. The molecule has 1 aromatic rings. The van der Waals surface area contributed by atoms with Crippen LogP contribution in [0.4, 0.5) is 0 Å². The van der Waals surface area contributed by atoms with Crippen LogP contribution in [0.3, 0.4) is 0 Å². The molecular weight excluding hydrogens is 254 g/mol. The van der Waals surface area contributed by atoms with E-state index < -0.39 is 0 Å². The second kappa shape index (κ2) is 7.43. The number of piperidine rings is 1. The first-order chi connectivity index (χ1) is 9.76. The van der Waals surface area contributed by atoms with Crippen LogP contribution in [-0.2, 0) is 11.2 Å². The summed E-state index contributed by atoms with van der Waals surface area (Å²) in [5.41, 5.74) is 1.68. The molecule has 1 saturated heterocycles. The number of carbonyl (C=O) groups excluding carboxylic acids is 1. The molecule has 2 rings (SSSR count). The number of H-pyrrole nitrogens is 1. The Labute approximate surface area is 120 Å². The van der Waals surface area contributed by atoms with Crippen LogP contribution in [-0.4, -0.2) is 47.8 Å². The molecule has 1 amide bonds. The Hall–Kier alpha value is -1.36. The van der Waals surface area contributed by atoms with Crippen molar-refractivity contribution < 1.29 is 9.53 Å². The normalized spacial score (nSPS) is 19.3. The zero-order valence-corrected chi connectivity index (χ0v) is 12.5. The van der Waals surface area contributed by atoms with Crippen LogP contribution >= 0.6 is 0 Å². The summed E-state index contributed by atoms with van der Waals surface area (Å²) >= 11 is 0. The Morgan fingerprint density at radius 1 is 1.60 bits per heavy atom. The second-order valence-corrected chi connectivity index (χ2v) is 5.51. The third-order valence-electron chi connectivity index (χ3n) is 4.07. The third kappa shape index (κ3) is 3.60. The number of nitrogens with one attached hydrogen (secondary N) is 1. The lowest BCUT2D eigenvalue weighted by atomic mass is 9.93. The van der Waals surface area contributed by atoms with Gasteiger partial charge in [0, 0.05) is 32.5 Å². The van der Waals surface area contributed by atoms with Crippen molar-refractivity contribution in [3.63, 3.8) is 0 Å². The summed E-state index contributed by atoms with van der Waals surface area (Å²) in [4.78, 5) is 14.5. The van der Waals surface area contributed by atoms with E-state index >= 15 is 0 Å². The lowest BCUT2D eigenvalue weighted by Crippen LogP contribution is -2.40. The van der Waals surface area contributed by atoms with Crippen LogP contribution in [0.1, 0.15) is 48.7 Å². The molecule has 1 aliphatic rings. The highest BCUT2D eigenvalue weighted by molar-refractivity contribution is 5.95. The molecule has 5 heteroatoms. The summed E-state index contributed by atoms with van der Waals surface area (Å²) in [6.45, 7) is 4.59. The van der Waals surface area contributed by atoms with Gasteiger partial charge in [-0.15, -0.1) is 0 Å². The molecule has 20 heavy (non-hydrogen) atoms. The highest BCUT2D eigenvalue weighted by Crippen LogP contribution is 2.23. The highest BCUT2D eigenvalue weighted by Gasteiger charge is 2.26. The zero-order valence-electron chi connectivity index (χ0n) is 12.5. The molecule has 1 aliphatic heterocycles. The SMILES string of the molecule is CCc1[nH]ncc1C(=O)N1CCC[C@H](CCCOC)C1. The number of methoxy groups -OCH3 is 1. The van der Waals surface area contributed by atoms with Crippen LogP contribution in [0.25, 0.3) is 0 Å². The number of likely N-dealkylation sites (tertiary alicyclic amines) is 1. The van der Waals surface area contributed by atoms with Crippen LogP contribution in [0.5, 0.6) is 0 Å². The van der Waals surface area contributed by atoms with Gasteiger partial charge in [-0.1, -0.05) is 6.92 Å². The molecule has 0 bridgehead atoms. The van der Waals surface area contributed by atoms with Gasteiger partial charge in [0.25, 0.3) is 5.91 Å². The van der Waals surface area contributed by atoms with Crippen molar-refractivity contribution in [2.24, 2.45) is 5.92 Å². The largest absolute Gasteiger partial charge is 0.385 e. The van der Waals surface area contributed by atoms with Crippen molar-refractivity contribution in [2.75, 3.05) is 26.8 Å². The van der Waals surface area contributed by atoms with Crippen molar-refractivity contribution in [3.05, 3.63) is 17.5 Å². The van der Waals surface area contributed by atoms with Crippen LogP contribution in [0.15, 0.2) is 6.20 Å². The van der Waals surface area contributed by atoms with Crippen molar-refractivity contribution >= 4 is 5.91 Å². The van der Waals surface area contributed by atoms with E-state index in [0.717, 1.165) is 56.6 Å². The van der Waals surface area contributed by atoms with E-state index in [1.807, 2.05) is 11.8 Å². The van der Waals surface area contributed by atoms with Crippen LogP contribution < -0.4 is 0 Å². The molecule has 0 unspecified atom stereocenters. The maximum absolute atomic E-state index is 12.6. The Morgan fingerprint density at radius 3 is 3.20 bits per heavy atom. The summed E-state index contributed by atoms with van der Waals surface area (Å²) in [6, 6.07) is 0. The number of aromatic nitrogens is 2. The Bertz CT molecular complexity index is 431. The topological polar surface area (TPSA) is 58.2 Å². The summed E-state index contributed by atoms with van der Waals surface area (Å²) in [7, 11) is 1.74. The number of hydrogen-bond donors (Lipinski definition) is 1. The summed E-state index contributed by atoms with van der Waals surface area (Å²) < 4.78 is 5.10. The Balaban J connectivity index is 1.93. The quantitative estimate of drug-likeness (QED) is 0.813. The monoisotopic (exact) mass is 279 g/mol. The fraction of sp³-hybridized carbons (Fsp3) is 0.733. The first kappa shape index (κ1) is 15.0. The van der Waals surface area contributed by atoms with Gasteiger partial charge in [0.15, 0.2) is 0 Å². The fourth-order valence-electron chi connectivity index (χ4n) is 2.94. The number of ether oxygens (including phenoxy) is 1. The number of amides is 1. The smallest absolute Gasteiger partial charge is 0.257 e. The van der Waals surface area contributed by atoms with E-state index in [4.69, 9.17) is 4.74 Å². The second-order valence-electron chi connectivity index (χ2n) is 5.51. The average Bonchev–Trinajstić information content (AvgIpc) is 2.95. The van der Waals surface area contributed by atoms with Gasteiger partial charge in [-0.2, -0.15) is 5.10 Å². The minimum Gasteiger partial charge on any atom is -0.385 e. The summed E-state index contributed by atoms with van der Waals surface area (Å²) in [5.74, 6) is 0.742. The minimum atomic E-state index is 0.132. The van der Waals surface area contributed by atoms with Crippen molar-refractivity contribution in [1.82, 2.24) is 15.1 Å². The molecule has 2 heterocycles. The van der Waals surface area contributed by atoms with Crippen molar-refractivity contribution in [2.45, 2.75) is 39.0 Å². The molecule has 112 valence electrons. The van der Waals surface area contributed by atoms with Crippen molar-refractivity contribution in [3.8, 4) is 0 Å². The molecule has 1 N–H and O–H groups in total. The van der Waals surface area contributed by atoms with E-state index in [1.165, 1.54) is 6.42 Å². The molecule has 1 fully saturated rings. The molecule has 1 aromatic heterocycles. The molecule has 0 radical (unpaired) electrons. The Morgan fingerprint density at radius 2 is 2.45 bits per heavy atom. The van der Waals surface area contributed by atoms with Gasteiger partial charge in [0.2, 0.25) is 0 Å². The lowest BCUT2D eigenvalue weighted by Gasteiger charge is -2.32. The molecule has 1 atom stereocenters. The standard InChI is InChI=1S/C15H25N3O2/c1-3-14-13(10-16-17-14)15(19)18-8-4-6-12(11-18)7-5-9-20-2/h10,12H,3-9,11H2,1-2H3,(H,16,17)/t12-/m1/s1. The molecule has 0 aromatic carbocycles. The van der Waals surface area contributed by atoms with Crippen LogP contribution in [0, 0.1) is 5.92 Å². The van der Waals surface area contributed by atoms with Gasteiger partial charge in [0.05, 0.1) is 11.8 Å². The fourth-order valence-corrected chi connectivity index (χ4v) is 2.94. The van der Waals surface area contributed by atoms with E-state index in [-0.39, 0.29) is 5.91 Å². The molecule has 0 aliphatic carbocycles. The maximum atomic E-state index is 12.6. The minimum absolute atomic E-state index is 0.132. The van der Waals surface area contributed by atoms with Gasteiger partial charge in [-0.3, -0.25) is 9.89 Å². The van der Waals surface area contributed by atoms with Gasteiger partial charge in [-0.25, -0.2) is 0 Å². The van der Waals surface area contributed by atoms with E-state index in [0.29, 0.717) is 5.92 Å². The molecule has 0 spiro atoms. The summed E-state index contributed by atoms with van der Waals surface area (Å²) in [6.07, 6.45) is 7.02. The van der Waals surface area contributed by atoms with E-state index in [9.17, 15) is 4.79 Å². The molecular formula is C15H25N3O2. The maximum Gasteiger partial charge on any atom is 0.257 e. The summed E-state index contributed by atoms with van der Waals surface area (Å²) in [5, 5.41) is 6.91. The van der Waals surface area contributed by atoms with Gasteiger partial charge < -0.3 is 9.64 Å². The van der Waals surface area contributed by atoms with Crippen LogP contribution in [0.2, 0.25) is 0 Å². The van der Waals surface area contributed by atoms with E-state index in [2.05, 4.69) is 10.2 Å². The zero-order chi connectivity index (χ0) is 14.4. The number of hydrogen-bond acceptors (Lipinski definition) is 3. The predicted molar refractivity (Wildman–Crippen MR) is 77.7 cm³/mol. The molecule has 0 saturated carbocycles. The predicted octanol–water partition coefficient (Wildman–Crippen LogP) is 2.25.